The minimum Gasteiger partial charge on any atom is -0.480 e. The Morgan fingerprint density at radius 3 is 2.16 bits per heavy atom. The lowest BCUT2D eigenvalue weighted by molar-refractivity contribution is -0.144. The Bertz CT molecular complexity index is 939. The third-order valence-corrected chi connectivity index (χ3v) is 5.01. The molecule has 1 fully saturated rings. The molecule has 212 valence electrons. The minimum atomic E-state index is -1.15. The molecule has 1 heterocycles. The fourth-order valence-electron chi connectivity index (χ4n) is 3.50. The molecule has 1 saturated heterocycles. The first-order valence-corrected chi connectivity index (χ1v) is 12.5. The summed E-state index contributed by atoms with van der Waals surface area (Å²) >= 11 is 9.27. The number of hydrogen-bond acceptors (Lipinski definition) is 7. The Morgan fingerprint density at radius 2 is 1.66 bits per heavy atom. The number of hydrogen-bond donors (Lipinski definition) is 5. The second-order valence-electron chi connectivity index (χ2n) is 8.27. The van der Waals surface area contributed by atoms with Crippen LogP contribution in [-0.2, 0) is 30.4 Å². The van der Waals surface area contributed by atoms with Gasteiger partial charge in [-0.2, -0.15) is 0 Å². The second-order valence-corrected chi connectivity index (χ2v) is 9.34. The number of nitrogens with one attached hydrogen (secondary N) is 1. The first-order valence-electron chi connectivity index (χ1n) is 11.8. The number of amides is 2. The number of aliphatic imine (C=N–C) groups is 1. The summed E-state index contributed by atoms with van der Waals surface area (Å²) in [5.74, 6) is -2.01. The van der Waals surface area contributed by atoms with Crippen molar-refractivity contribution >= 4 is 57.4 Å². The SMILES string of the molecule is CC(=O)Cl.CC(=O)Cl.NC(N)=NCCCC(NC(=O)C1CCCN1C(=O)C(N)Cc1ccccc1)C(=O)O. The molecular weight excluding hydrogens is 539 g/mol. The van der Waals surface area contributed by atoms with Crippen molar-refractivity contribution in [2.24, 2.45) is 22.2 Å². The van der Waals surface area contributed by atoms with Crippen LogP contribution in [0.1, 0.15) is 45.1 Å². The van der Waals surface area contributed by atoms with Gasteiger partial charge in [-0.3, -0.25) is 24.2 Å². The predicted octanol–water partition coefficient (Wildman–Crippen LogP) is 0.714. The number of carbonyl (C=O) groups excluding carboxylic acids is 4. The lowest BCUT2D eigenvalue weighted by atomic mass is 10.0. The zero-order valence-corrected chi connectivity index (χ0v) is 23.0. The van der Waals surface area contributed by atoms with E-state index >= 15 is 0 Å². The van der Waals surface area contributed by atoms with E-state index in [9.17, 15) is 29.1 Å². The minimum absolute atomic E-state index is 0.0714. The second kappa shape index (κ2) is 18.9. The number of halogens is 2. The van der Waals surface area contributed by atoms with Gasteiger partial charge in [0.2, 0.25) is 22.3 Å². The molecule has 3 atom stereocenters. The van der Waals surface area contributed by atoms with Gasteiger partial charge in [-0.25, -0.2) is 4.79 Å². The van der Waals surface area contributed by atoms with Gasteiger partial charge in [-0.1, -0.05) is 30.3 Å². The summed E-state index contributed by atoms with van der Waals surface area (Å²) in [7, 11) is 0. The highest BCUT2D eigenvalue weighted by molar-refractivity contribution is 6.63. The monoisotopic (exact) mass is 574 g/mol. The van der Waals surface area contributed by atoms with E-state index in [0.29, 0.717) is 32.2 Å². The highest BCUT2D eigenvalue weighted by Gasteiger charge is 2.37. The van der Waals surface area contributed by atoms with Crippen LogP contribution in [0.2, 0.25) is 0 Å². The average molecular weight is 575 g/mol. The van der Waals surface area contributed by atoms with Crippen LogP contribution in [0.25, 0.3) is 0 Å². The van der Waals surface area contributed by atoms with Crippen molar-refractivity contribution in [2.45, 2.75) is 64.1 Å². The molecule has 0 spiro atoms. The molecule has 3 unspecified atom stereocenters. The van der Waals surface area contributed by atoms with Crippen molar-refractivity contribution < 1.29 is 29.1 Å². The van der Waals surface area contributed by atoms with Gasteiger partial charge in [-0.15, -0.1) is 0 Å². The first-order chi connectivity index (χ1) is 17.8. The summed E-state index contributed by atoms with van der Waals surface area (Å²) in [6.45, 7) is 3.27. The number of guanidine groups is 1. The standard InChI is InChI=1S/C20H30N6O4.2C2H3ClO/c21-14(12-13-6-2-1-3-7-13)18(28)26-11-5-9-16(26)17(27)25-15(19(29)30)8-4-10-24-20(22)23;2*1-2(3)4/h1-3,6-7,14-16H,4-5,8-12,21H2,(H,25,27)(H,29,30)(H4,22,23,24);2*1H3. The Kier molecular flexibility index (Phi) is 17.3. The highest BCUT2D eigenvalue weighted by atomic mass is 35.5. The Morgan fingerprint density at radius 1 is 1.11 bits per heavy atom. The van der Waals surface area contributed by atoms with E-state index in [2.05, 4.69) is 33.5 Å². The number of benzene rings is 1. The maximum atomic E-state index is 12.8. The molecule has 1 aliphatic heterocycles. The van der Waals surface area contributed by atoms with Crippen LogP contribution in [0.4, 0.5) is 0 Å². The molecule has 0 aliphatic carbocycles. The zero-order chi connectivity index (χ0) is 29.3. The number of carbonyl (C=O) groups is 5. The topological polar surface area (TPSA) is 211 Å². The number of rotatable bonds is 10. The molecule has 0 radical (unpaired) electrons. The van der Waals surface area contributed by atoms with E-state index < -0.39 is 30.0 Å². The third kappa shape index (κ3) is 15.8. The van der Waals surface area contributed by atoms with E-state index in [0.717, 1.165) is 5.56 Å². The quantitative estimate of drug-likeness (QED) is 0.115. The van der Waals surface area contributed by atoms with Crippen LogP contribution in [0.3, 0.4) is 0 Å². The van der Waals surface area contributed by atoms with Crippen LogP contribution in [0.5, 0.6) is 0 Å². The average Bonchev–Trinajstić information content (AvgIpc) is 3.30. The van der Waals surface area contributed by atoms with Crippen molar-refractivity contribution in [3.63, 3.8) is 0 Å². The van der Waals surface area contributed by atoms with Crippen LogP contribution in [0, 0.1) is 0 Å². The molecule has 1 aromatic rings. The molecule has 8 N–H and O–H groups in total. The largest absolute Gasteiger partial charge is 0.480 e. The zero-order valence-electron chi connectivity index (χ0n) is 21.4. The number of likely N-dealkylation sites (tertiary alicyclic amines) is 1. The van der Waals surface area contributed by atoms with E-state index in [-0.39, 0.29) is 35.3 Å². The van der Waals surface area contributed by atoms with Gasteiger partial charge in [0.1, 0.15) is 12.1 Å². The van der Waals surface area contributed by atoms with E-state index in [4.69, 9.17) is 17.2 Å². The fourth-order valence-corrected chi connectivity index (χ4v) is 3.50. The smallest absolute Gasteiger partial charge is 0.326 e. The van der Waals surface area contributed by atoms with Crippen LogP contribution in [0.15, 0.2) is 35.3 Å². The lowest BCUT2D eigenvalue weighted by Gasteiger charge is -2.27. The van der Waals surface area contributed by atoms with Crippen molar-refractivity contribution in [1.29, 1.82) is 0 Å². The van der Waals surface area contributed by atoms with Crippen LogP contribution >= 0.6 is 23.2 Å². The van der Waals surface area contributed by atoms with Gasteiger partial charge < -0.3 is 32.5 Å². The molecule has 2 rings (SSSR count). The van der Waals surface area contributed by atoms with Gasteiger partial charge >= 0.3 is 5.97 Å². The lowest BCUT2D eigenvalue weighted by Crippen LogP contribution is -2.54. The molecule has 0 bridgehead atoms. The van der Waals surface area contributed by atoms with E-state index in [1.165, 1.54) is 18.7 Å². The van der Waals surface area contributed by atoms with Gasteiger partial charge in [0.05, 0.1) is 6.04 Å². The van der Waals surface area contributed by atoms with Crippen molar-refractivity contribution in [1.82, 2.24) is 10.2 Å². The number of carboxylic acid groups (broad SMARTS) is 1. The van der Waals surface area contributed by atoms with Gasteiger partial charge in [-0.05, 0) is 60.9 Å². The Balaban J connectivity index is 0.00000150. The molecule has 14 heteroatoms. The molecule has 1 aromatic carbocycles. The molecular formula is C24H36Cl2N6O6. The molecule has 0 aromatic heterocycles. The Labute approximate surface area is 231 Å². The summed E-state index contributed by atoms with van der Waals surface area (Å²) in [6, 6.07) is 6.84. The predicted molar refractivity (Wildman–Crippen MR) is 145 cm³/mol. The Hall–Kier alpha value is -3.22. The highest BCUT2D eigenvalue weighted by Crippen LogP contribution is 2.19. The molecule has 38 heavy (non-hydrogen) atoms. The summed E-state index contributed by atoms with van der Waals surface area (Å²) < 4.78 is 0. The summed E-state index contributed by atoms with van der Waals surface area (Å²) in [4.78, 5) is 60.7. The maximum Gasteiger partial charge on any atom is 0.326 e. The maximum absolute atomic E-state index is 12.8. The summed E-state index contributed by atoms with van der Waals surface area (Å²) in [5, 5.41) is 11.2. The fraction of sp³-hybridized carbons (Fsp3) is 0.500. The van der Waals surface area contributed by atoms with Crippen LogP contribution < -0.4 is 22.5 Å². The first kappa shape index (κ1) is 34.8. The van der Waals surface area contributed by atoms with Gasteiger partial charge in [0.15, 0.2) is 5.96 Å². The van der Waals surface area contributed by atoms with E-state index in [1.807, 2.05) is 30.3 Å². The summed E-state index contributed by atoms with van der Waals surface area (Å²) in [6.07, 6.45) is 2.06. The van der Waals surface area contributed by atoms with Gasteiger partial charge in [0, 0.05) is 26.9 Å². The number of carboxylic acids is 1. The van der Waals surface area contributed by atoms with Gasteiger partial charge in [0.25, 0.3) is 0 Å². The normalized spacial score (nSPS) is 15.4. The van der Waals surface area contributed by atoms with Crippen LogP contribution in [-0.4, -0.2) is 75.4 Å². The van der Waals surface area contributed by atoms with E-state index in [1.54, 1.807) is 0 Å². The third-order valence-electron chi connectivity index (χ3n) is 5.01. The number of nitrogens with zero attached hydrogens (tertiary/aromatic N) is 2. The summed E-state index contributed by atoms with van der Waals surface area (Å²) in [5.41, 5.74) is 17.5. The molecule has 2 amide bonds. The molecule has 12 nitrogen and oxygen atoms in total. The number of aliphatic carboxylic acids is 1. The number of nitrogens with two attached hydrogens (primary N) is 3. The van der Waals surface area contributed by atoms with Crippen molar-refractivity contribution in [2.75, 3.05) is 13.1 Å². The van der Waals surface area contributed by atoms with Crippen molar-refractivity contribution in [3.8, 4) is 0 Å². The molecule has 1 aliphatic rings. The molecule has 0 saturated carbocycles. The van der Waals surface area contributed by atoms with Crippen molar-refractivity contribution in [3.05, 3.63) is 35.9 Å².